The molecule has 1 fully saturated rings. The lowest BCUT2D eigenvalue weighted by Crippen LogP contribution is -2.41. The van der Waals surface area contributed by atoms with E-state index in [-0.39, 0.29) is 11.8 Å². The van der Waals surface area contributed by atoms with E-state index in [9.17, 15) is 9.59 Å². The molecule has 0 spiro atoms. The first-order valence-corrected chi connectivity index (χ1v) is 8.81. The number of hydrogen-bond donors (Lipinski definition) is 2. The Hall–Kier alpha value is -2.12. The molecule has 2 heterocycles. The Balaban J connectivity index is 1.97. The van der Waals surface area contributed by atoms with Crippen LogP contribution in [0.3, 0.4) is 0 Å². The second-order valence-electron chi connectivity index (χ2n) is 7.77. The van der Waals surface area contributed by atoms with Crippen molar-refractivity contribution in [3.05, 3.63) is 40.4 Å². The van der Waals surface area contributed by atoms with Gasteiger partial charge in [-0.05, 0) is 50.4 Å². The summed E-state index contributed by atoms with van der Waals surface area (Å²) in [5.41, 5.74) is 2.44. The summed E-state index contributed by atoms with van der Waals surface area (Å²) in [6.07, 6.45) is 1.96. The van der Waals surface area contributed by atoms with Gasteiger partial charge in [0.1, 0.15) is 0 Å². The van der Waals surface area contributed by atoms with Crippen LogP contribution in [0, 0.1) is 0 Å². The number of benzene rings is 1. The van der Waals surface area contributed by atoms with E-state index in [1.165, 1.54) is 6.92 Å². The highest BCUT2D eigenvalue weighted by atomic mass is 16.7. The lowest BCUT2D eigenvalue weighted by atomic mass is 9.76. The molecular formula is C19H25BN2O4. The molecule has 1 aromatic rings. The van der Waals surface area contributed by atoms with E-state index < -0.39 is 18.3 Å². The van der Waals surface area contributed by atoms with E-state index in [1.807, 2.05) is 52.0 Å². The molecule has 1 aromatic carbocycles. The highest BCUT2D eigenvalue weighted by molar-refractivity contribution is 6.56. The van der Waals surface area contributed by atoms with Crippen molar-refractivity contribution < 1.29 is 18.9 Å². The lowest BCUT2D eigenvalue weighted by molar-refractivity contribution is -0.118. The zero-order valence-electron chi connectivity index (χ0n) is 15.9. The fraction of sp³-hybridized carbons (Fsp3) is 0.474. The van der Waals surface area contributed by atoms with Gasteiger partial charge in [0.2, 0.25) is 5.91 Å². The Bertz CT molecular complexity index is 770. The largest absolute Gasteiger partial charge is 0.492 e. The highest BCUT2D eigenvalue weighted by Gasteiger charge is 2.52. The molecular weight excluding hydrogens is 331 g/mol. The van der Waals surface area contributed by atoms with Crippen molar-refractivity contribution in [2.75, 3.05) is 6.54 Å². The van der Waals surface area contributed by atoms with Gasteiger partial charge < -0.3 is 19.9 Å². The second kappa shape index (κ2) is 6.56. The molecule has 2 aliphatic heterocycles. The first-order chi connectivity index (χ1) is 12.1. The molecule has 2 aliphatic rings. The van der Waals surface area contributed by atoms with E-state index in [2.05, 4.69) is 10.6 Å². The summed E-state index contributed by atoms with van der Waals surface area (Å²) in [6, 6.07) is 5.63. The molecule has 26 heavy (non-hydrogen) atoms. The number of carbonyl (C=O) groups excluding carboxylic acids is 2. The molecule has 2 amide bonds. The maximum absolute atomic E-state index is 11.9. The van der Waals surface area contributed by atoms with Crippen LogP contribution in [0.25, 0.3) is 6.08 Å². The van der Waals surface area contributed by atoms with Crippen LogP contribution in [0.5, 0.6) is 0 Å². The van der Waals surface area contributed by atoms with Gasteiger partial charge in [-0.3, -0.25) is 9.59 Å². The SMILES string of the molecule is CC(=O)NCC(=Cc1cccc2c1CNC2=O)B1OC(C)(C)C(C)(C)O1. The molecule has 0 bridgehead atoms. The van der Waals surface area contributed by atoms with Crippen LogP contribution < -0.4 is 10.6 Å². The summed E-state index contributed by atoms with van der Waals surface area (Å²) in [6.45, 7) is 10.3. The van der Waals surface area contributed by atoms with Crippen molar-refractivity contribution in [1.82, 2.24) is 10.6 Å². The average Bonchev–Trinajstić information content (AvgIpc) is 3.01. The number of nitrogens with one attached hydrogen (secondary N) is 2. The normalized spacial score (nSPS) is 20.7. The van der Waals surface area contributed by atoms with Gasteiger partial charge in [0.25, 0.3) is 5.91 Å². The van der Waals surface area contributed by atoms with Gasteiger partial charge in [-0.15, -0.1) is 0 Å². The maximum Gasteiger partial charge on any atom is 0.492 e. The van der Waals surface area contributed by atoms with Crippen LogP contribution >= 0.6 is 0 Å². The molecule has 0 radical (unpaired) electrons. The van der Waals surface area contributed by atoms with E-state index in [0.717, 1.165) is 16.6 Å². The summed E-state index contributed by atoms with van der Waals surface area (Å²) in [4.78, 5) is 23.3. The summed E-state index contributed by atoms with van der Waals surface area (Å²) in [5.74, 6) is -0.183. The molecule has 6 nitrogen and oxygen atoms in total. The van der Waals surface area contributed by atoms with Gasteiger partial charge in [-0.1, -0.05) is 18.2 Å². The zero-order valence-corrected chi connectivity index (χ0v) is 15.9. The van der Waals surface area contributed by atoms with Crippen molar-refractivity contribution >= 4 is 25.0 Å². The minimum Gasteiger partial charge on any atom is -0.400 e. The summed E-state index contributed by atoms with van der Waals surface area (Å²) < 4.78 is 12.3. The Labute approximate surface area is 154 Å². The van der Waals surface area contributed by atoms with E-state index >= 15 is 0 Å². The Morgan fingerprint density at radius 3 is 2.54 bits per heavy atom. The number of carbonyl (C=O) groups is 2. The van der Waals surface area contributed by atoms with E-state index in [4.69, 9.17) is 9.31 Å². The number of fused-ring (bicyclic) bond motifs is 1. The smallest absolute Gasteiger partial charge is 0.400 e. The third-order valence-corrected chi connectivity index (χ3v) is 5.32. The molecule has 0 saturated carbocycles. The fourth-order valence-electron chi connectivity index (χ4n) is 3.04. The lowest BCUT2D eigenvalue weighted by Gasteiger charge is -2.32. The van der Waals surface area contributed by atoms with Crippen LogP contribution in [-0.2, 0) is 20.6 Å². The van der Waals surface area contributed by atoms with Crippen molar-refractivity contribution in [1.29, 1.82) is 0 Å². The topological polar surface area (TPSA) is 76.7 Å². The van der Waals surface area contributed by atoms with Gasteiger partial charge in [0.05, 0.1) is 11.2 Å². The van der Waals surface area contributed by atoms with Gasteiger partial charge >= 0.3 is 7.12 Å². The third-order valence-electron chi connectivity index (χ3n) is 5.32. The summed E-state index contributed by atoms with van der Waals surface area (Å²) in [5, 5.41) is 5.67. The minimum absolute atomic E-state index is 0.0608. The van der Waals surface area contributed by atoms with E-state index in [1.54, 1.807) is 0 Å². The van der Waals surface area contributed by atoms with Crippen LogP contribution in [-0.4, -0.2) is 36.7 Å². The molecule has 2 N–H and O–H groups in total. The van der Waals surface area contributed by atoms with Gasteiger partial charge in [-0.25, -0.2) is 0 Å². The zero-order chi connectivity index (χ0) is 19.1. The number of hydrogen-bond acceptors (Lipinski definition) is 4. The predicted octanol–water partition coefficient (Wildman–Crippen LogP) is 2.08. The molecule has 0 aliphatic carbocycles. The van der Waals surface area contributed by atoms with Crippen molar-refractivity contribution in [2.24, 2.45) is 0 Å². The Kier molecular flexibility index (Phi) is 4.71. The molecule has 0 atom stereocenters. The first-order valence-electron chi connectivity index (χ1n) is 8.81. The average molecular weight is 356 g/mol. The molecule has 7 heteroatoms. The number of rotatable bonds is 4. The predicted molar refractivity (Wildman–Crippen MR) is 100 cm³/mol. The second-order valence-corrected chi connectivity index (χ2v) is 7.77. The fourth-order valence-corrected chi connectivity index (χ4v) is 3.04. The Morgan fingerprint density at radius 1 is 1.27 bits per heavy atom. The molecule has 3 rings (SSSR count). The van der Waals surface area contributed by atoms with Crippen molar-refractivity contribution in [2.45, 2.75) is 52.4 Å². The third kappa shape index (κ3) is 3.41. The van der Waals surface area contributed by atoms with Crippen molar-refractivity contribution in [3.63, 3.8) is 0 Å². The molecule has 1 saturated heterocycles. The van der Waals surface area contributed by atoms with Gasteiger partial charge in [-0.2, -0.15) is 0 Å². The van der Waals surface area contributed by atoms with Crippen LogP contribution in [0.1, 0.15) is 56.1 Å². The monoisotopic (exact) mass is 356 g/mol. The summed E-state index contributed by atoms with van der Waals surface area (Å²) >= 11 is 0. The molecule has 138 valence electrons. The highest BCUT2D eigenvalue weighted by Crippen LogP contribution is 2.39. The Morgan fingerprint density at radius 2 is 1.92 bits per heavy atom. The van der Waals surface area contributed by atoms with Crippen molar-refractivity contribution in [3.8, 4) is 0 Å². The number of amides is 2. The summed E-state index contributed by atoms with van der Waals surface area (Å²) in [7, 11) is -0.562. The van der Waals surface area contributed by atoms with Crippen LogP contribution in [0.15, 0.2) is 23.7 Å². The first kappa shape index (κ1) is 18.7. The van der Waals surface area contributed by atoms with E-state index in [0.29, 0.717) is 18.7 Å². The maximum atomic E-state index is 11.9. The van der Waals surface area contributed by atoms with Gasteiger partial charge in [0, 0.05) is 25.6 Å². The minimum atomic E-state index is -0.562. The standard InChI is InChI=1S/C19H25BN2O4/c1-12(23)21-10-14(20-25-18(2,3)19(4,5)26-20)9-13-7-6-8-15-16(13)11-22-17(15)24/h6-9H,10-11H2,1-5H3,(H,21,23)(H,22,24). The molecule has 0 aromatic heterocycles. The van der Waals surface area contributed by atoms with Crippen LogP contribution in [0.4, 0.5) is 0 Å². The molecule has 0 unspecified atom stereocenters. The van der Waals surface area contributed by atoms with Crippen LogP contribution in [0.2, 0.25) is 0 Å². The van der Waals surface area contributed by atoms with Gasteiger partial charge in [0.15, 0.2) is 0 Å². The quantitative estimate of drug-likeness (QED) is 0.810.